The van der Waals surface area contributed by atoms with E-state index in [-0.39, 0.29) is 6.61 Å². The zero-order valence-electron chi connectivity index (χ0n) is 6.97. The molecule has 0 aromatic carbocycles. The third-order valence-corrected chi connectivity index (χ3v) is 2.41. The molecule has 12 heavy (non-hydrogen) atoms. The number of nitrogens with zero attached hydrogens (tertiary/aromatic N) is 4. The highest BCUT2D eigenvalue weighted by Gasteiger charge is 2.03. The van der Waals surface area contributed by atoms with Gasteiger partial charge in [-0.25, -0.2) is 4.68 Å². The molecule has 0 radical (unpaired) electrons. The molecule has 0 spiro atoms. The minimum atomic E-state index is 0.0741. The Labute approximate surface area is 75.2 Å². The van der Waals surface area contributed by atoms with Crippen molar-refractivity contribution in [3.63, 3.8) is 0 Å². The second kappa shape index (κ2) is 5.10. The molecule has 5 nitrogen and oxygen atoms in total. The summed E-state index contributed by atoms with van der Waals surface area (Å²) in [7, 11) is 0. The van der Waals surface area contributed by atoms with Crippen LogP contribution in [0, 0.1) is 0 Å². The van der Waals surface area contributed by atoms with Crippen LogP contribution in [0.15, 0.2) is 5.16 Å². The van der Waals surface area contributed by atoms with Crippen LogP contribution in [-0.4, -0.2) is 37.7 Å². The van der Waals surface area contributed by atoms with Crippen LogP contribution in [0.1, 0.15) is 13.3 Å². The van der Waals surface area contributed by atoms with E-state index in [9.17, 15) is 0 Å². The average Bonchev–Trinajstić information content (AvgIpc) is 2.50. The highest BCUT2D eigenvalue weighted by molar-refractivity contribution is 7.99. The number of tetrazole rings is 1. The molecule has 68 valence electrons. The first kappa shape index (κ1) is 9.47. The predicted molar refractivity (Wildman–Crippen MR) is 45.9 cm³/mol. The fourth-order valence-electron chi connectivity index (χ4n) is 0.728. The Balaban J connectivity index is 2.51. The average molecular weight is 188 g/mol. The molecule has 0 saturated heterocycles. The Morgan fingerprint density at radius 2 is 2.42 bits per heavy atom. The van der Waals surface area contributed by atoms with E-state index in [1.807, 2.05) is 0 Å². The molecule has 1 rings (SSSR count). The summed E-state index contributed by atoms with van der Waals surface area (Å²) in [5.41, 5.74) is 0. The highest BCUT2D eigenvalue weighted by Crippen LogP contribution is 2.13. The molecule has 0 saturated carbocycles. The van der Waals surface area contributed by atoms with E-state index in [2.05, 4.69) is 22.4 Å². The summed E-state index contributed by atoms with van der Waals surface area (Å²) in [6.45, 7) is 2.65. The Kier molecular flexibility index (Phi) is 4.02. The fourth-order valence-corrected chi connectivity index (χ4v) is 1.49. The Bertz CT molecular complexity index is 227. The van der Waals surface area contributed by atoms with Crippen molar-refractivity contribution in [1.29, 1.82) is 0 Å². The molecule has 1 aromatic rings. The van der Waals surface area contributed by atoms with Gasteiger partial charge in [-0.15, -0.1) is 5.10 Å². The van der Waals surface area contributed by atoms with Gasteiger partial charge >= 0.3 is 0 Å². The van der Waals surface area contributed by atoms with Gasteiger partial charge in [-0.05, 0) is 16.8 Å². The lowest BCUT2D eigenvalue weighted by Gasteiger charge is -1.99. The molecule has 0 amide bonds. The third kappa shape index (κ3) is 2.46. The number of hydrogen-bond donors (Lipinski definition) is 1. The fraction of sp³-hybridized carbons (Fsp3) is 0.833. The molecule has 0 unspecified atom stereocenters. The number of aliphatic hydroxyl groups excluding tert-OH is 1. The molecule has 0 aliphatic rings. The minimum absolute atomic E-state index is 0.0741. The second-order valence-electron chi connectivity index (χ2n) is 2.26. The van der Waals surface area contributed by atoms with Crippen molar-refractivity contribution in [2.45, 2.75) is 25.0 Å². The second-order valence-corrected chi connectivity index (χ2v) is 3.32. The summed E-state index contributed by atoms with van der Waals surface area (Å²) >= 11 is 1.61. The normalized spacial score (nSPS) is 10.5. The molecule has 0 aliphatic carbocycles. The largest absolute Gasteiger partial charge is 0.394 e. The molecule has 0 fully saturated rings. The minimum Gasteiger partial charge on any atom is -0.394 e. The first-order valence-corrected chi connectivity index (χ1v) is 4.87. The Morgan fingerprint density at radius 1 is 1.58 bits per heavy atom. The number of thioether (sulfide) groups is 1. The van der Waals surface area contributed by atoms with Gasteiger partial charge in [0.05, 0.1) is 13.2 Å². The topological polar surface area (TPSA) is 63.8 Å². The van der Waals surface area contributed by atoms with Crippen LogP contribution in [0.3, 0.4) is 0 Å². The predicted octanol–water partition coefficient (Wildman–Crippen LogP) is 0.168. The molecule has 0 aliphatic heterocycles. The molecule has 6 heteroatoms. The summed E-state index contributed by atoms with van der Waals surface area (Å²) in [5.74, 6) is 1.01. The van der Waals surface area contributed by atoms with Crippen LogP contribution < -0.4 is 0 Å². The van der Waals surface area contributed by atoms with Crippen LogP contribution in [0.4, 0.5) is 0 Å². The van der Waals surface area contributed by atoms with Crippen molar-refractivity contribution >= 4 is 11.8 Å². The van der Waals surface area contributed by atoms with Crippen LogP contribution >= 0.6 is 11.8 Å². The van der Waals surface area contributed by atoms with Crippen LogP contribution in [0.2, 0.25) is 0 Å². The molecule has 1 aromatic heterocycles. The molecule has 1 heterocycles. The van der Waals surface area contributed by atoms with Gasteiger partial charge in [0.1, 0.15) is 0 Å². The van der Waals surface area contributed by atoms with Gasteiger partial charge in [-0.1, -0.05) is 18.7 Å². The maximum atomic E-state index is 8.66. The third-order valence-electron chi connectivity index (χ3n) is 1.25. The van der Waals surface area contributed by atoms with E-state index in [1.165, 1.54) is 0 Å². The molecule has 0 atom stereocenters. The number of aromatic nitrogens is 4. The standard InChI is InChI=1S/C6H12N4OS/c1-2-5-12-6-7-8-9-10(6)3-4-11/h11H,2-5H2,1H3. The van der Waals surface area contributed by atoms with E-state index in [0.717, 1.165) is 17.3 Å². The number of rotatable bonds is 5. The molecule has 1 N–H and O–H groups in total. The van der Waals surface area contributed by atoms with Gasteiger partial charge in [-0.3, -0.25) is 0 Å². The van der Waals surface area contributed by atoms with Crippen molar-refractivity contribution in [1.82, 2.24) is 20.2 Å². The van der Waals surface area contributed by atoms with Gasteiger partial charge in [0.25, 0.3) is 0 Å². The Hall–Kier alpha value is -0.620. The first-order chi connectivity index (χ1) is 5.88. The van der Waals surface area contributed by atoms with Crippen molar-refractivity contribution in [2.75, 3.05) is 12.4 Å². The van der Waals surface area contributed by atoms with Crippen LogP contribution in [0.25, 0.3) is 0 Å². The zero-order valence-corrected chi connectivity index (χ0v) is 7.79. The summed E-state index contributed by atoms with van der Waals surface area (Å²) in [5, 5.41) is 20.5. The van der Waals surface area contributed by atoms with E-state index < -0.39 is 0 Å². The highest BCUT2D eigenvalue weighted by atomic mass is 32.2. The molecular formula is C6H12N4OS. The lowest BCUT2D eigenvalue weighted by Crippen LogP contribution is -2.05. The van der Waals surface area contributed by atoms with E-state index >= 15 is 0 Å². The van der Waals surface area contributed by atoms with Gasteiger partial charge in [0.15, 0.2) is 0 Å². The molecular weight excluding hydrogens is 176 g/mol. The van der Waals surface area contributed by atoms with Crippen molar-refractivity contribution in [3.8, 4) is 0 Å². The monoisotopic (exact) mass is 188 g/mol. The summed E-state index contributed by atoms with van der Waals surface area (Å²) in [6.07, 6.45) is 1.09. The van der Waals surface area contributed by atoms with Crippen molar-refractivity contribution in [3.05, 3.63) is 0 Å². The van der Waals surface area contributed by atoms with Gasteiger partial charge in [0, 0.05) is 5.75 Å². The number of hydrogen-bond acceptors (Lipinski definition) is 5. The maximum absolute atomic E-state index is 8.66. The van der Waals surface area contributed by atoms with E-state index in [4.69, 9.17) is 5.11 Å². The van der Waals surface area contributed by atoms with Crippen LogP contribution in [-0.2, 0) is 6.54 Å². The van der Waals surface area contributed by atoms with E-state index in [0.29, 0.717) is 6.54 Å². The van der Waals surface area contributed by atoms with E-state index in [1.54, 1.807) is 16.4 Å². The maximum Gasteiger partial charge on any atom is 0.209 e. The lowest BCUT2D eigenvalue weighted by atomic mass is 10.6. The molecule has 0 bridgehead atoms. The van der Waals surface area contributed by atoms with Crippen molar-refractivity contribution in [2.24, 2.45) is 0 Å². The quantitative estimate of drug-likeness (QED) is 0.667. The number of aliphatic hydroxyl groups is 1. The van der Waals surface area contributed by atoms with Gasteiger partial charge in [0.2, 0.25) is 5.16 Å². The zero-order chi connectivity index (χ0) is 8.81. The van der Waals surface area contributed by atoms with Crippen LogP contribution in [0.5, 0.6) is 0 Å². The SMILES string of the molecule is CCCSc1nnnn1CCO. The smallest absolute Gasteiger partial charge is 0.209 e. The van der Waals surface area contributed by atoms with Gasteiger partial charge < -0.3 is 5.11 Å². The first-order valence-electron chi connectivity index (χ1n) is 3.88. The van der Waals surface area contributed by atoms with Crippen molar-refractivity contribution < 1.29 is 5.11 Å². The van der Waals surface area contributed by atoms with Gasteiger partial charge in [-0.2, -0.15) is 0 Å². The summed E-state index contributed by atoms with van der Waals surface area (Å²) in [6, 6.07) is 0. The Morgan fingerprint density at radius 3 is 3.08 bits per heavy atom. The lowest BCUT2D eigenvalue weighted by molar-refractivity contribution is 0.262. The summed E-state index contributed by atoms with van der Waals surface area (Å²) < 4.78 is 1.61. The summed E-state index contributed by atoms with van der Waals surface area (Å²) in [4.78, 5) is 0.